The minimum absolute atomic E-state index is 0.0162. The van der Waals surface area contributed by atoms with Gasteiger partial charge in [-0.1, -0.05) is 81.4 Å². The van der Waals surface area contributed by atoms with E-state index in [0.717, 1.165) is 25.7 Å². The molecule has 0 spiro atoms. The maximum atomic E-state index is 13.4. The van der Waals surface area contributed by atoms with Gasteiger partial charge >= 0.3 is 0 Å². The number of hydrogen-bond acceptors (Lipinski definition) is 2. The van der Waals surface area contributed by atoms with Crippen molar-refractivity contribution in [3.05, 3.63) is 78.9 Å². The summed E-state index contributed by atoms with van der Waals surface area (Å²) in [5.41, 5.74) is 0. The number of hydrogen-bond donors (Lipinski definition) is 0. The molecule has 0 aliphatic heterocycles. The van der Waals surface area contributed by atoms with Gasteiger partial charge in [0.05, 0.1) is 18.4 Å². The Morgan fingerprint density at radius 1 is 0.900 bits per heavy atom. The molecule has 158 valence electrons. The number of nitrogens with zero attached hydrogens (tertiary/aromatic N) is 2. The van der Waals surface area contributed by atoms with Gasteiger partial charge in [0.15, 0.2) is 5.82 Å². The van der Waals surface area contributed by atoms with E-state index in [-0.39, 0.29) is 23.0 Å². The monoisotopic (exact) mass is 422 g/mol. The zero-order chi connectivity index (χ0) is 21.2. The molecule has 0 atom stereocenters. The van der Waals surface area contributed by atoms with Gasteiger partial charge in [0.1, 0.15) is 0 Å². The molecule has 1 aliphatic rings. The van der Waals surface area contributed by atoms with Crippen LogP contribution in [-0.2, 0) is 4.43 Å². The number of rotatable bonds is 5. The molecule has 1 saturated carbocycles. The summed E-state index contributed by atoms with van der Waals surface area (Å²) in [6.45, 7) is 6.95. The molecule has 1 heterocycles. The minimum atomic E-state index is -2.52. The first-order chi connectivity index (χ1) is 14.4. The SMILES string of the molecule is CC(C)(C)[Si](OC1CCC(n2cc(F)cn2)CC1)(c1ccccc1)c1ccccc1. The molecule has 0 N–H and O–H groups in total. The molecule has 0 amide bonds. The number of aromatic nitrogens is 2. The quantitative estimate of drug-likeness (QED) is 0.536. The summed E-state index contributed by atoms with van der Waals surface area (Å²) >= 11 is 0. The second-order valence-corrected chi connectivity index (χ2v) is 13.6. The Hall–Kier alpha value is -2.24. The Morgan fingerprint density at radius 3 is 1.87 bits per heavy atom. The van der Waals surface area contributed by atoms with Crippen LogP contribution in [0.3, 0.4) is 0 Å². The van der Waals surface area contributed by atoms with Crippen molar-refractivity contribution in [1.82, 2.24) is 9.78 Å². The average molecular weight is 423 g/mol. The minimum Gasteiger partial charge on any atom is -0.404 e. The van der Waals surface area contributed by atoms with Gasteiger partial charge in [0, 0.05) is 6.10 Å². The highest BCUT2D eigenvalue weighted by Gasteiger charge is 2.51. The van der Waals surface area contributed by atoms with Crippen LogP contribution in [0.4, 0.5) is 4.39 Å². The Kier molecular flexibility index (Phi) is 5.94. The van der Waals surface area contributed by atoms with Gasteiger partial charge in [-0.2, -0.15) is 5.10 Å². The van der Waals surface area contributed by atoms with E-state index in [0.29, 0.717) is 0 Å². The Labute approximate surface area is 180 Å². The van der Waals surface area contributed by atoms with Crippen molar-refractivity contribution in [1.29, 1.82) is 0 Å². The Balaban J connectivity index is 1.64. The molecule has 5 heteroatoms. The predicted molar refractivity (Wildman–Crippen MR) is 122 cm³/mol. The summed E-state index contributed by atoms with van der Waals surface area (Å²) in [6.07, 6.45) is 6.87. The van der Waals surface area contributed by atoms with Crippen LogP contribution < -0.4 is 10.4 Å². The zero-order valence-electron chi connectivity index (χ0n) is 18.1. The van der Waals surface area contributed by atoms with E-state index in [1.54, 1.807) is 4.68 Å². The molecule has 1 aliphatic carbocycles. The van der Waals surface area contributed by atoms with E-state index in [9.17, 15) is 4.39 Å². The summed E-state index contributed by atoms with van der Waals surface area (Å²) in [6, 6.07) is 21.9. The largest absolute Gasteiger partial charge is 0.404 e. The van der Waals surface area contributed by atoms with Gasteiger partial charge in [0.25, 0.3) is 8.32 Å². The lowest BCUT2D eigenvalue weighted by Crippen LogP contribution is -2.67. The van der Waals surface area contributed by atoms with Crippen LogP contribution in [0.5, 0.6) is 0 Å². The van der Waals surface area contributed by atoms with Crippen LogP contribution in [0.25, 0.3) is 0 Å². The molecular weight excluding hydrogens is 391 g/mol. The molecule has 1 aromatic heterocycles. The van der Waals surface area contributed by atoms with Gasteiger partial charge in [-0.05, 0) is 41.1 Å². The van der Waals surface area contributed by atoms with Crippen molar-refractivity contribution < 1.29 is 8.82 Å². The topological polar surface area (TPSA) is 27.1 Å². The highest BCUT2D eigenvalue weighted by Crippen LogP contribution is 2.40. The van der Waals surface area contributed by atoms with Gasteiger partial charge in [-0.25, -0.2) is 4.39 Å². The molecule has 3 nitrogen and oxygen atoms in total. The molecular formula is C25H31FN2OSi. The molecule has 3 aromatic rings. The lowest BCUT2D eigenvalue weighted by molar-refractivity contribution is 0.120. The highest BCUT2D eigenvalue weighted by molar-refractivity contribution is 6.99. The fourth-order valence-corrected chi connectivity index (χ4v) is 9.63. The summed E-state index contributed by atoms with van der Waals surface area (Å²) < 4.78 is 22.4. The average Bonchev–Trinajstić information content (AvgIpc) is 3.19. The zero-order valence-corrected chi connectivity index (χ0v) is 19.1. The molecule has 1 fully saturated rings. The summed E-state index contributed by atoms with van der Waals surface area (Å²) in [4.78, 5) is 0. The molecule has 4 rings (SSSR count). The first-order valence-corrected chi connectivity index (χ1v) is 12.8. The van der Waals surface area contributed by atoms with Crippen molar-refractivity contribution >= 4 is 18.7 Å². The van der Waals surface area contributed by atoms with Crippen LogP contribution in [0.2, 0.25) is 5.04 Å². The second kappa shape index (κ2) is 8.48. The molecule has 0 radical (unpaired) electrons. The smallest absolute Gasteiger partial charge is 0.261 e. The Bertz CT molecular complexity index is 905. The fourth-order valence-electron chi connectivity index (χ4n) is 4.88. The lowest BCUT2D eigenvalue weighted by Gasteiger charge is -2.46. The van der Waals surface area contributed by atoms with E-state index >= 15 is 0 Å². The van der Waals surface area contributed by atoms with Gasteiger partial charge < -0.3 is 4.43 Å². The molecule has 2 aromatic carbocycles. The highest BCUT2D eigenvalue weighted by atomic mass is 28.4. The van der Waals surface area contributed by atoms with Crippen LogP contribution in [-0.4, -0.2) is 24.2 Å². The summed E-state index contributed by atoms with van der Waals surface area (Å²) in [5, 5.41) is 6.81. The van der Waals surface area contributed by atoms with Crippen LogP contribution >= 0.6 is 0 Å². The Morgan fingerprint density at radius 2 is 1.43 bits per heavy atom. The van der Waals surface area contributed by atoms with Crippen molar-refractivity contribution in [3.8, 4) is 0 Å². The van der Waals surface area contributed by atoms with Gasteiger partial charge in [-0.15, -0.1) is 0 Å². The van der Waals surface area contributed by atoms with Gasteiger partial charge in [0.2, 0.25) is 0 Å². The third-order valence-electron chi connectivity index (χ3n) is 6.35. The third-order valence-corrected chi connectivity index (χ3v) is 11.4. The maximum absolute atomic E-state index is 13.4. The summed E-state index contributed by atoms with van der Waals surface area (Å²) in [7, 11) is -2.52. The third kappa shape index (κ3) is 4.01. The van der Waals surface area contributed by atoms with Crippen LogP contribution in [0.1, 0.15) is 52.5 Å². The van der Waals surface area contributed by atoms with Crippen molar-refractivity contribution in [2.75, 3.05) is 0 Å². The fraction of sp³-hybridized carbons (Fsp3) is 0.400. The van der Waals surface area contributed by atoms with E-state index in [1.807, 2.05) is 0 Å². The molecule has 0 saturated heterocycles. The number of benzene rings is 2. The first kappa shape index (κ1) is 21.0. The first-order valence-electron chi connectivity index (χ1n) is 10.9. The van der Waals surface area contributed by atoms with Crippen LogP contribution in [0, 0.1) is 5.82 Å². The maximum Gasteiger partial charge on any atom is 0.261 e. The van der Waals surface area contributed by atoms with E-state index in [2.05, 4.69) is 86.5 Å². The van der Waals surface area contributed by atoms with Crippen molar-refractivity contribution in [2.24, 2.45) is 0 Å². The van der Waals surface area contributed by atoms with Crippen molar-refractivity contribution in [3.63, 3.8) is 0 Å². The van der Waals surface area contributed by atoms with E-state index < -0.39 is 8.32 Å². The molecule has 0 unspecified atom stereocenters. The second-order valence-electron chi connectivity index (χ2n) is 9.35. The van der Waals surface area contributed by atoms with Gasteiger partial charge in [-0.3, -0.25) is 4.68 Å². The van der Waals surface area contributed by atoms with Crippen molar-refractivity contribution in [2.45, 2.75) is 63.6 Å². The normalized spacial score (nSPS) is 20.3. The molecule has 30 heavy (non-hydrogen) atoms. The van der Waals surface area contributed by atoms with Crippen LogP contribution in [0.15, 0.2) is 73.1 Å². The molecule has 0 bridgehead atoms. The number of halogens is 1. The van der Waals surface area contributed by atoms with E-state index in [4.69, 9.17) is 4.43 Å². The summed E-state index contributed by atoms with van der Waals surface area (Å²) in [5.74, 6) is -0.263. The standard InChI is InChI=1S/C25H31FN2OSi/c1-25(2,3)30(23-10-6-4-7-11-23,24-12-8-5-9-13-24)29-22-16-14-21(15-17-22)28-19-20(26)18-27-28/h4-13,18-19,21-22H,14-17H2,1-3H3. The predicted octanol–water partition coefficient (Wildman–Crippen LogP) is 5.08. The lowest BCUT2D eigenvalue weighted by atomic mass is 9.93. The van der Waals surface area contributed by atoms with E-state index in [1.165, 1.54) is 22.8 Å².